The van der Waals surface area contributed by atoms with E-state index in [1.54, 1.807) is 0 Å². The highest BCUT2D eigenvalue weighted by Crippen LogP contribution is 2.44. The van der Waals surface area contributed by atoms with Crippen molar-refractivity contribution in [3.8, 4) is 11.8 Å². The van der Waals surface area contributed by atoms with Gasteiger partial charge in [0.2, 0.25) is 0 Å². The standard InChI is InChI=1S/C11H16O2/c1-3-4-5-7-11(8-6-9-11)10(12)13-2/h3,6-9H2,1-2H3. The lowest BCUT2D eigenvalue weighted by Gasteiger charge is -2.37. The molecular formula is C11H16O2. The molecule has 0 heterocycles. The lowest BCUT2D eigenvalue weighted by atomic mass is 9.67. The summed E-state index contributed by atoms with van der Waals surface area (Å²) in [4.78, 5) is 11.4. The Morgan fingerprint density at radius 1 is 1.46 bits per heavy atom. The van der Waals surface area contributed by atoms with E-state index in [2.05, 4.69) is 11.8 Å². The molecule has 0 spiro atoms. The molecule has 0 N–H and O–H groups in total. The predicted octanol–water partition coefficient (Wildman–Crippen LogP) is 2.13. The molecule has 13 heavy (non-hydrogen) atoms. The minimum Gasteiger partial charge on any atom is -0.469 e. The zero-order valence-electron chi connectivity index (χ0n) is 8.35. The van der Waals surface area contributed by atoms with Crippen LogP contribution in [-0.4, -0.2) is 13.1 Å². The Bertz CT molecular complexity index is 241. The Hall–Kier alpha value is -0.970. The maximum Gasteiger partial charge on any atom is 0.312 e. The van der Waals surface area contributed by atoms with Crippen LogP contribution in [0.15, 0.2) is 0 Å². The fourth-order valence-corrected chi connectivity index (χ4v) is 1.63. The second-order valence-electron chi connectivity index (χ2n) is 3.51. The first-order valence-electron chi connectivity index (χ1n) is 4.79. The van der Waals surface area contributed by atoms with E-state index in [1.165, 1.54) is 7.11 Å². The number of rotatable bonds is 2. The van der Waals surface area contributed by atoms with E-state index in [1.807, 2.05) is 6.92 Å². The molecule has 0 aromatic heterocycles. The molecule has 2 nitrogen and oxygen atoms in total. The third kappa shape index (κ3) is 2.03. The Kier molecular flexibility index (Phi) is 3.36. The number of hydrogen-bond donors (Lipinski definition) is 0. The minimum absolute atomic E-state index is 0.0795. The van der Waals surface area contributed by atoms with E-state index in [-0.39, 0.29) is 11.4 Å². The zero-order chi connectivity index (χ0) is 9.73. The molecule has 0 unspecified atom stereocenters. The van der Waals surface area contributed by atoms with Gasteiger partial charge in [0.05, 0.1) is 12.5 Å². The van der Waals surface area contributed by atoms with Crippen LogP contribution in [0.3, 0.4) is 0 Å². The smallest absolute Gasteiger partial charge is 0.312 e. The molecule has 0 aromatic carbocycles. The fraction of sp³-hybridized carbons (Fsp3) is 0.727. The van der Waals surface area contributed by atoms with Gasteiger partial charge in [-0.25, -0.2) is 0 Å². The molecule has 1 aliphatic carbocycles. The van der Waals surface area contributed by atoms with Gasteiger partial charge >= 0.3 is 5.97 Å². The van der Waals surface area contributed by atoms with Crippen molar-refractivity contribution >= 4 is 5.97 Å². The molecule has 0 radical (unpaired) electrons. The van der Waals surface area contributed by atoms with Crippen molar-refractivity contribution in [2.24, 2.45) is 5.41 Å². The average molecular weight is 180 g/mol. The molecule has 72 valence electrons. The molecule has 1 saturated carbocycles. The van der Waals surface area contributed by atoms with Gasteiger partial charge in [0.25, 0.3) is 0 Å². The van der Waals surface area contributed by atoms with E-state index in [4.69, 9.17) is 4.74 Å². The van der Waals surface area contributed by atoms with Gasteiger partial charge in [0, 0.05) is 12.8 Å². The van der Waals surface area contributed by atoms with Crippen LogP contribution in [0.4, 0.5) is 0 Å². The van der Waals surface area contributed by atoms with Crippen molar-refractivity contribution in [1.29, 1.82) is 0 Å². The van der Waals surface area contributed by atoms with Crippen LogP contribution >= 0.6 is 0 Å². The lowest BCUT2D eigenvalue weighted by Crippen LogP contribution is -2.38. The van der Waals surface area contributed by atoms with Gasteiger partial charge in [-0.1, -0.05) is 13.3 Å². The number of carbonyl (C=O) groups excluding carboxylic acids is 1. The Balaban J connectivity index is 2.54. The van der Waals surface area contributed by atoms with Crippen LogP contribution in [0.5, 0.6) is 0 Å². The molecule has 0 saturated heterocycles. The number of methoxy groups -OCH3 is 1. The molecule has 0 aliphatic heterocycles. The molecule has 0 atom stereocenters. The van der Waals surface area contributed by atoms with E-state index in [0.717, 1.165) is 25.7 Å². The number of carbonyl (C=O) groups is 1. The minimum atomic E-state index is -0.253. The highest BCUT2D eigenvalue weighted by Gasteiger charge is 2.44. The van der Waals surface area contributed by atoms with Gasteiger partial charge in [0.15, 0.2) is 0 Å². The van der Waals surface area contributed by atoms with Gasteiger partial charge in [-0.15, -0.1) is 11.8 Å². The van der Waals surface area contributed by atoms with Gasteiger partial charge in [-0.2, -0.15) is 0 Å². The first-order chi connectivity index (χ1) is 6.25. The maximum absolute atomic E-state index is 11.4. The average Bonchev–Trinajstić information content (AvgIpc) is 2.08. The van der Waals surface area contributed by atoms with Crippen LogP contribution < -0.4 is 0 Å². The zero-order valence-corrected chi connectivity index (χ0v) is 8.35. The third-order valence-corrected chi connectivity index (χ3v) is 2.66. The first-order valence-corrected chi connectivity index (χ1v) is 4.79. The topological polar surface area (TPSA) is 26.3 Å². The molecular weight excluding hydrogens is 164 g/mol. The predicted molar refractivity (Wildman–Crippen MR) is 51.0 cm³/mol. The normalized spacial score (nSPS) is 18.0. The molecule has 0 aromatic rings. The summed E-state index contributed by atoms with van der Waals surface area (Å²) >= 11 is 0. The van der Waals surface area contributed by atoms with Crippen molar-refractivity contribution in [1.82, 2.24) is 0 Å². The Morgan fingerprint density at radius 2 is 2.15 bits per heavy atom. The Morgan fingerprint density at radius 3 is 2.54 bits per heavy atom. The first kappa shape index (κ1) is 10.1. The summed E-state index contributed by atoms with van der Waals surface area (Å²) < 4.78 is 4.78. The van der Waals surface area contributed by atoms with Crippen molar-refractivity contribution in [2.45, 2.75) is 39.0 Å². The van der Waals surface area contributed by atoms with Gasteiger partial charge in [-0.3, -0.25) is 4.79 Å². The van der Waals surface area contributed by atoms with Crippen LogP contribution in [-0.2, 0) is 9.53 Å². The molecule has 0 amide bonds. The number of ether oxygens (including phenoxy) is 1. The van der Waals surface area contributed by atoms with Crippen molar-refractivity contribution in [3.05, 3.63) is 0 Å². The molecule has 1 rings (SSSR count). The summed E-state index contributed by atoms with van der Waals surface area (Å²) in [6, 6.07) is 0. The summed E-state index contributed by atoms with van der Waals surface area (Å²) in [6.45, 7) is 2.01. The van der Waals surface area contributed by atoms with Gasteiger partial charge in [0.1, 0.15) is 0 Å². The summed E-state index contributed by atoms with van der Waals surface area (Å²) in [5.41, 5.74) is -0.253. The van der Waals surface area contributed by atoms with E-state index >= 15 is 0 Å². The van der Waals surface area contributed by atoms with Crippen LogP contribution in [0.25, 0.3) is 0 Å². The second-order valence-corrected chi connectivity index (χ2v) is 3.51. The van der Waals surface area contributed by atoms with E-state index in [9.17, 15) is 4.79 Å². The molecule has 0 bridgehead atoms. The van der Waals surface area contributed by atoms with Crippen LogP contribution in [0, 0.1) is 17.3 Å². The largest absolute Gasteiger partial charge is 0.469 e. The summed E-state index contributed by atoms with van der Waals surface area (Å²) in [6.07, 6.45) is 4.55. The number of hydrogen-bond acceptors (Lipinski definition) is 2. The summed E-state index contributed by atoms with van der Waals surface area (Å²) in [5, 5.41) is 0. The molecule has 1 fully saturated rings. The third-order valence-electron chi connectivity index (χ3n) is 2.66. The fourth-order valence-electron chi connectivity index (χ4n) is 1.63. The van der Waals surface area contributed by atoms with Crippen LogP contribution in [0.2, 0.25) is 0 Å². The maximum atomic E-state index is 11.4. The van der Waals surface area contributed by atoms with E-state index < -0.39 is 0 Å². The highest BCUT2D eigenvalue weighted by atomic mass is 16.5. The summed E-state index contributed by atoms with van der Waals surface area (Å²) in [5.74, 6) is 5.96. The van der Waals surface area contributed by atoms with Crippen molar-refractivity contribution < 1.29 is 9.53 Å². The molecule has 1 aliphatic rings. The van der Waals surface area contributed by atoms with Gasteiger partial charge < -0.3 is 4.74 Å². The van der Waals surface area contributed by atoms with Gasteiger partial charge in [-0.05, 0) is 12.8 Å². The van der Waals surface area contributed by atoms with E-state index in [0.29, 0.717) is 6.42 Å². The highest BCUT2D eigenvalue weighted by molar-refractivity contribution is 5.78. The Labute approximate surface area is 79.7 Å². The SMILES string of the molecule is CCC#CCC1(C(=O)OC)CCC1. The summed E-state index contributed by atoms with van der Waals surface area (Å²) in [7, 11) is 1.45. The quantitative estimate of drug-likeness (QED) is 0.480. The lowest BCUT2D eigenvalue weighted by molar-refractivity contribution is -0.157. The molecule has 2 heteroatoms. The monoisotopic (exact) mass is 180 g/mol. The second kappa shape index (κ2) is 4.32. The van der Waals surface area contributed by atoms with Crippen molar-refractivity contribution in [2.75, 3.05) is 7.11 Å². The number of esters is 1. The van der Waals surface area contributed by atoms with Crippen LogP contribution in [0.1, 0.15) is 39.0 Å². The van der Waals surface area contributed by atoms with Crippen molar-refractivity contribution in [3.63, 3.8) is 0 Å².